The second-order valence-electron chi connectivity index (χ2n) is 7.71. The second kappa shape index (κ2) is 8.21. The molecule has 1 aliphatic heterocycles. The van der Waals surface area contributed by atoms with Gasteiger partial charge in [-0.2, -0.15) is 9.78 Å². The molecule has 34 heavy (non-hydrogen) atoms. The summed E-state index contributed by atoms with van der Waals surface area (Å²) >= 11 is 0. The van der Waals surface area contributed by atoms with E-state index in [-0.39, 0.29) is 17.1 Å². The van der Waals surface area contributed by atoms with Gasteiger partial charge in [0.15, 0.2) is 0 Å². The number of fused-ring (bicyclic) bond motifs is 1. The van der Waals surface area contributed by atoms with Crippen molar-refractivity contribution in [2.75, 3.05) is 0 Å². The zero-order chi connectivity index (χ0) is 23.8. The first-order valence-electron chi connectivity index (χ1n) is 10.4. The molecule has 0 aliphatic carbocycles. The zero-order valence-electron chi connectivity index (χ0n) is 17.8. The van der Waals surface area contributed by atoms with Crippen LogP contribution < -0.4 is 16.2 Å². The average molecular weight is 453 g/mol. The van der Waals surface area contributed by atoms with Gasteiger partial charge >= 0.3 is 0 Å². The number of rotatable bonds is 5. The molecular weight excluding hydrogens is 434 g/mol. The molecule has 0 saturated carbocycles. The number of nitrogens with two attached hydrogens (primary N) is 2. The third-order valence-corrected chi connectivity index (χ3v) is 5.68. The van der Waals surface area contributed by atoms with Gasteiger partial charge in [0.05, 0.1) is 27.7 Å². The van der Waals surface area contributed by atoms with Crippen LogP contribution in [-0.4, -0.2) is 20.6 Å². The highest BCUT2D eigenvalue weighted by molar-refractivity contribution is 5.96. The largest absolute Gasteiger partial charge is 0.422 e. The number of nitrogens with zero attached hydrogens (tertiary/aromatic N) is 3. The highest BCUT2D eigenvalue weighted by Gasteiger charge is 2.39. The van der Waals surface area contributed by atoms with Gasteiger partial charge in [-0.15, -0.1) is 0 Å². The van der Waals surface area contributed by atoms with Crippen molar-refractivity contribution >= 4 is 11.6 Å². The average Bonchev–Trinajstić information content (AvgIpc) is 3.23. The quantitative estimate of drug-likeness (QED) is 0.349. The van der Waals surface area contributed by atoms with Crippen molar-refractivity contribution in [1.82, 2.24) is 9.78 Å². The number of hydrogen-bond donors (Lipinski definition) is 2. The molecule has 168 valence electrons. The summed E-state index contributed by atoms with van der Waals surface area (Å²) < 4.78 is 7.58. The predicted octanol–water partition coefficient (Wildman–Crippen LogP) is 3.63. The van der Waals surface area contributed by atoms with Crippen LogP contribution in [0.2, 0.25) is 0 Å². The number of non-ortho nitro benzene ring substituents is 1. The lowest BCUT2D eigenvalue weighted by Gasteiger charge is -2.27. The minimum Gasteiger partial charge on any atom is -0.422 e. The molecule has 5 rings (SSSR count). The van der Waals surface area contributed by atoms with Crippen molar-refractivity contribution in [3.05, 3.63) is 118 Å². The van der Waals surface area contributed by atoms with E-state index in [1.807, 2.05) is 60.7 Å². The van der Waals surface area contributed by atoms with Crippen LogP contribution in [0.15, 0.2) is 96.4 Å². The summed E-state index contributed by atoms with van der Waals surface area (Å²) in [6, 6.07) is 24.8. The molecule has 0 spiro atoms. The first kappa shape index (κ1) is 21.0. The first-order valence-corrected chi connectivity index (χ1v) is 10.4. The molecule has 0 fully saturated rings. The van der Waals surface area contributed by atoms with E-state index in [4.69, 9.17) is 21.3 Å². The minimum absolute atomic E-state index is 0.0612. The summed E-state index contributed by atoms with van der Waals surface area (Å²) in [7, 11) is 0. The molecule has 4 N–H and O–H groups in total. The van der Waals surface area contributed by atoms with Crippen molar-refractivity contribution in [3.8, 4) is 22.8 Å². The number of aromatic nitrogens is 2. The van der Waals surface area contributed by atoms with Crippen LogP contribution in [0.25, 0.3) is 16.9 Å². The molecule has 9 heteroatoms. The monoisotopic (exact) mass is 453 g/mol. The number of hydrogen-bond acceptors (Lipinski definition) is 6. The molecule has 1 amide bonds. The van der Waals surface area contributed by atoms with Crippen molar-refractivity contribution in [2.45, 2.75) is 5.92 Å². The molecule has 2 heterocycles. The molecule has 0 bridgehead atoms. The van der Waals surface area contributed by atoms with E-state index < -0.39 is 16.7 Å². The molecule has 1 aromatic heterocycles. The molecular formula is C25H19N5O4. The summed E-state index contributed by atoms with van der Waals surface area (Å²) in [4.78, 5) is 23.2. The van der Waals surface area contributed by atoms with Crippen LogP contribution in [-0.2, 0) is 4.79 Å². The third-order valence-electron chi connectivity index (χ3n) is 5.68. The number of amides is 1. The highest BCUT2D eigenvalue weighted by atomic mass is 16.6. The normalized spacial score (nSPS) is 14.9. The van der Waals surface area contributed by atoms with Gasteiger partial charge in [-0.05, 0) is 17.7 Å². The Labute approximate surface area is 194 Å². The molecule has 9 nitrogen and oxygen atoms in total. The lowest BCUT2D eigenvalue weighted by molar-refractivity contribution is -0.384. The van der Waals surface area contributed by atoms with Crippen LogP contribution in [0.4, 0.5) is 5.69 Å². The maximum absolute atomic E-state index is 12.5. The number of carbonyl (C=O) groups is 1. The number of para-hydroxylation sites is 1. The molecule has 1 aliphatic rings. The maximum atomic E-state index is 12.5. The highest BCUT2D eigenvalue weighted by Crippen LogP contribution is 2.47. The summed E-state index contributed by atoms with van der Waals surface area (Å²) in [5.41, 5.74) is 15.2. The van der Waals surface area contributed by atoms with E-state index in [1.165, 1.54) is 12.1 Å². The fourth-order valence-corrected chi connectivity index (χ4v) is 4.16. The van der Waals surface area contributed by atoms with Crippen LogP contribution in [0, 0.1) is 10.1 Å². The molecule has 3 aromatic carbocycles. The Kier molecular flexibility index (Phi) is 5.06. The van der Waals surface area contributed by atoms with Crippen LogP contribution in [0.5, 0.6) is 5.88 Å². The fourth-order valence-electron chi connectivity index (χ4n) is 4.16. The van der Waals surface area contributed by atoms with E-state index in [2.05, 4.69) is 0 Å². The Morgan fingerprint density at radius 2 is 1.59 bits per heavy atom. The smallest absolute Gasteiger partial charge is 0.269 e. The third kappa shape index (κ3) is 3.45. The summed E-state index contributed by atoms with van der Waals surface area (Å²) in [5.74, 6) is -1.29. The van der Waals surface area contributed by atoms with Gasteiger partial charge in [0.1, 0.15) is 5.69 Å². The van der Waals surface area contributed by atoms with Crippen molar-refractivity contribution in [1.29, 1.82) is 0 Å². The number of nitro benzene ring substituents is 1. The summed E-state index contributed by atoms with van der Waals surface area (Å²) in [5, 5.41) is 16.0. The maximum Gasteiger partial charge on any atom is 0.269 e. The number of primary amides is 1. The Bertz CT molecular complexity index is 1430. The van der Waals surface area contributed by atoms with Crippen LogP contribution in [0.3, 0.4) is 0 Å². The van der Waals surface area contributed by atoms with Gasteiger partial charge in [-0.3, -0.25) is 14.9 Å². The lowest BCUT2D eigenvalue weighted by atomic mass is 9.82. The number of ether oxygens (including phenoxy) is 1. The van der Waals surface area contributed by atoms with Gasteiger partial charge in [0, 0.05) is 17.7 Å². The summed E-state index contributed by atoms with van der Waals surface area (Å²) in [6.45, 7) is 0. The SMILES string of the molecule is NC(=O)C1=C(N)Oc2c(c(-c3ccccc3)nn2-c2ccccc2)C1c1ccc([N+](=O)[O-])cc1. The van der Waals surface area contributed by atoms with Gasteiger partial charge in [-0.25, -0.2) is 0 Å². The topological polar surface area (TPSA) is 139 Å². The molecule has 0 saturated heterocycles. The van der Waals surface area contributed by atoms with Crippen LogP contribution in [0.1, 0.15) is 17.0 Å². The van der Waals surface area contributed by atoms with Gasteiger partial charge in [0.2, 0.25) is 11.8 Å². The van der Waals surface area contributed by atoms with Crippen molar-refractivity contribution < 1.29 is 14.5 Å². The number of carbonyl (C=O) groups excluding carboxylic acids is 1. The van der Waals surface area contributed by atoms with Gasteiger partial charge in [0.25, 0.3) is 11.6 Å². The lowest BCUT2D eigenvalue weighted by Crippen LogP contribution is -2.30. The predicted molar refractivity (Wildman–Crippen MR) is 125 cm³/mol. The van der Waals surface area contributed by atoms with Gasteiger partial charge in [-0.1, -0.05) is 60.7 Å². The molecule has 1 unspecified atom stereocenters. The molecule has 4 aromatic rings. The van der Waals surface area contributed by atoms with Crippen LogP contribution >= 0.6 is 0 Å². The standard InChI is InChI=1S/C25H19N5O4/c26-23(31)21-19(15-11-13-18(14-12-15)30(32)33)20-22(16-7-3-1-4-8-16)28-29(25(20)34-24(21)27)17-9-5-2-6-10-17/h1-14,19H,27H2,(H2,26,31). The Morgan fingerprint density at radius 1 is 0.971 bits per heavy atom. The number of benzene rings is 3. The second-order valence-corrected chi connectivity index (χ2v) is 7.71. The Hall–Kier alpha value is -4.92. The first-order chi connectivity index (χ1) is 16.5. The fraction of sp³-hybridized carbons (Fsp3) is 0.0400. The molecule has 0 radical (unpaired) electrons. The Morgan fingerprint density at radius 3 is 2.18 bits per heavy atom. The number of nitro groups is 1. The van der Waals surface area contributed by atoms with Crippen molar-refractivity contribution in [3.63, 3.8) is 0 Å². The van der Waals surface area contributed by atoms with E-state index in [0.717, 1.165) is 11.3 Å². The van der Waals surface area contributed by atoms with E-state index in [0.29, 0.717) is 22.7 Å². The van der Waals surface area contributed by atoms with Gasteiger partial charge < -0.3 is 16.2 Å². The van der Waals surface area contributed by atoms with Crippen molar-refractivity contribution in [2.24, 2.45) is 11.5 Å². The zero-order valence-corrected chi connectivity index (χ0v) is 17.8. The van der Waals surface area contributed by atoms with E-state index in [1.54, 1.807) is 16.8 Å². The Balaban J connectivity index is 1.81. The summed E-state index contributed by atoms with van der Waals surface area (Å²) in [6.07, 6.45) is 0. The minimum atomic E-state index is -0.752. The molecule has 1 atom stereocenters. The van der Waals surface area contributed by atoms with E-state index in [9.17, 15) is 14.9 Å². The van der Waals surface area contributed by atoms with E-state index >= 15 is 0 Å².